The van der Waals surface area contributed by atoms with Crippen LogP contribution in [0.15, 0.2) is 12.1 Å². The molecule has 1 aliphatic carbocycles. The van der Waals surface area contributed by atoms with E-state index in [1.165, 1.54) is 12.1 Å². The largest absolute Gasteiger partial charge is 0.480 e. The topological polar surface area (TPSA) is 122 Å². The van der Waals surface area contributed by atoms with Crippen LogP contribution in [0.1, 0.15) is 24.0 Å². The van der Waals surface area contributed by atoms with Crippen molar-refractivity contribution < 1.29 is 19.6 Å². The summed E-state index contributed by atoms with van der Waals surface area (Å²) in [6.45, 7) is 3.20. The monoisotopic (exact) mass is 293 g/mol. The first kappa shape index (κ1) is 14.8. The average Bonchev–Trinajstić information content (AvgIpc) is 3.13. The summed E-state index contributed by atoms with van der Waals surface area (Å²) in [4.78, 5) is 33.2. The highest BCUT2D eigenvalue weighted by Gasteiger charge is 2.51. The molecule has 21 heavy (non-hydrogen) atoms. The Labute approximate surface area is 120 Å². The molecule has 0 aromatic heterocycles. The number of carbonyl (C=O) groups is 2. The fraction of sp³-hybridized carbons (Fsp3) is 0.385. The van der Waals surface area contributed by atoms with E-state index in [1.54, 1.807) is 13.8 Å². The molecule has 8 heteroatoms. The zero-order chi connectivity index (χ0) is 15.8. The normalized spacial score (nSPS) is 15.1. The van der Waals surface area contributed by atoms with Gasteiger partial charge >= 0.3 is 12.0 Å². The number of benzene rings is 1. The Balaban J connectivity index is 2.13. The van der Waals surface area contributed by atoms with Crippen molar-refractivity contribution in [1.82, 2.24) is 5.32 Å². The molecule has 0 heterocycles. The van der Waals surface area contributed by atoms with Crippen molar-refractivity contribution in [3.05, 3.63) is 33.4 Å². The van der Waals surface area contributed by atoms with Gasteiger partial charge in [0.25, 0.3) is 5.69 Å². The number of aryl methyl sites for hydroxylation is 2. The molecule has 1 aromatic rings. The average molecular weight is 293 g/mol. The van der Waals surface area contributed by atoms with E-state index in [-0.39, 0.29) is 5.69 Å². The second kappa shape index (κ2) is 5.04. The highest BCUT2D eigenvalue weighted by atomic mass is 16.6. The molecule has 1 fully saturated rings. The number of anilines is 1. The van der Waals surface area contributed by atoms with Crippen LogP contribution in [0.3, 0.4) is 0 Å². The number of amides is 2. The van der Waals surface area contributed by atoms with Gasteiger partial charge in [-0.1, -0.05) is 0 Å². The second-order valence-electron chi connectivity index (χ2n) is 5.18. The Kier molecular flexibility index (Phi) is 3.54. The number of hydrogen-bond donors (Lipinski definition) is 3. The zero-order valence-corrected chi connectivity index (χ0v) is 11.6. The number of aliphatic carboxylic acids is 1. The summed E-state index contributed by atoms with van der Waals surface area (Å²) in [6.07, 6.45) is 0.794. The molecular weight excluding hydrogens is 278 g/mol. The lowest BCUT2D eigenvalue weighted by Gasteiger charge is -2.15. The lowest BCUT2D eigenvalue weighted by Crippen LogP contribution is -2.45. The number of carboxylic acids is 1. The number of carbonyl (C=O) groups excluding carboxylic acids is 1. The summed E-state index contributed by atoms with van der Waals surface area (Å²) in [6, 6.07) is 2.23. The Bertz CT molecular complexity index is 637. The van der Waals surface area contributed by atoms with Gasteiger partial charge in [0, 0.05) is 17.3 Å². The predicted molar refractivity (Wildman–Crippen MR) is 74.3 cm³/mol. The van der Waals surface area contributed by atoms with Gasteiger partial charge in [-0.2, -0.15) is 0 Å². The first-order chi connectivity index (χ1) is 9.75. The van der Waals surface area contributed by atoms with Crippen LogP contribution in [0.2, 0.25) is 0 Å². The van der Waals surface area contributed by atoms with Crippen molar-refractivity contribution >= 4 is 23.4 Å². The lowest BCUT2D eigenvalue weighted by molar-refractivity contribution is -0.385. The SMILES string of the molecule is Cc1cc([N+](=O)[O-])c(C)cc1NC(=O)NC1(C(=O)O)CC1. The van der Waals surface area contributed by atoms with E-state index >= 15 is 0 Å². The van der Waals surface area contributed by atoms with Gasteiger partial charge in [0.1, 0.15) is 5.54 Å². The molecule has 0 saturated heterocycles. The van der Waals surface area contributed by atoms with Crippen LogP contribution in [0, 0.1) is 24.0 Å². The van der Waals surface area contributed by atoms with Crippen LogP contribution in [0.5, 0.6) is 0 Å². The van der Waals surface area contributed by atoms with Crippen molar-refractivity contribution in [1.29, 1.82) is 0 Å². The number of rotatable bonds is 4. The molecule has 1 saturated carbocycles. The summed E-state index contributed by atoms with van der Waals surface area (Å²) in [5, 5.41) is 24.8. The summed E-state index contributed by atoms with van der Waals surface area (Å²) in [5.41, 5.74) is 0.163. The number of nitrogens with one attached hydrogen (secondary N) is 2. The Morgan fingerprint density at radius 2 is 1.90 bits per heavy atom. The summed E-state index contributed by atoms with van der Waals surface area (Å²) in [7, 11) is 0. The van der Waals surface area contributed by atoms with E-state index in [9.17, 15) is 19.7 Å². The highest BCUT2D eigenvalue weighted by molar-refractivity contribution is 5.96. The van der Waals surface area contributed by atoms with Gasteiger partial charge in [0.15, 0.2) is 0 Å². The fourth-order valence-corrected chi connectivity index (χ4v) is 2.02. The second-order valence-corrected chi connectivity index (χ2v) is 5.18. The van der Waals surface area contributed by atoms with E-state index in [2.05, 4.69) is 10.6 Å². The lowest BCUT2D eigenvalue weighted by atomic mass is 10.1. The van der Waals surface area contributed by atoms with E-state index in [1.807, 2.05) is 0 Å². The molecule has 0 aliphatic heterocycles. The van der Waals surface area contributed by atoms with Gasteiger partial charge in [-0.25, -0.2) is 9.59 Å². The van der Waals surface area contributed by atoms with Gasteiger partial charge in [-0.3, -0.25) is 10.1 Å². The minimum Gasteiger partial charge on any atom is -0.480 e. The molecule has 0 spiro atoms. The van der Waals surface area contributed by atoms with Crippen molar-refractivity contribution in [2.75, 3.05) is 5.32 Å². The molecule has 112 valence electrons. The van der Waals surface area contributed by atoms with Gasteiger partial charge in [-0.15, -0.1) is 0 Å². The number of carboxylic acid groups (broad SMARTS) is 1. The molecule has 8 nitrogen and oxygen atoms in total. The third kappa shape index (κ3) is 2.93. The van der Waals surface area contributed by atoms with Crippen LogP contribution < -0.4 is 10.6 Å². The van der Waals surface area contributed by atoms with E-state index in [4.69, 9.17) is 5.11 Å². The summed E-state index contributed by atoms with van der Waals surface area (Å²) in [5.74, 6) is -1.06. The van der Waals surface area contributed by atoms with E-state index in [0.29, 0.717) is 29.7 Å². The fourth-order valence-electron chi connectivity index (χ4n) is 2.02. The highest BCUT2D eigenvalue weighted by Crippen LogP contribution is 2.35. The molecule has 0 unspecified atom stereocenters. The number of nitro benzene ring substituents is 1. The number of nitro groups is 1. The maximum absolute atomic E-state index is 11.8. The Hall–Kier alpha value is -2.64. The maximum atomic E-state index is 11.8. The van der Waals surface area contributed by atoms with Gasteiger partial charge in [0.2, 0.25) is 0 Å². The van der Waals surface area contributed by atoms with Gasteiger partial charge in [0.05, 0.1) is 4.92 Å². The molecular formula is C13H15N3O5. The van der Waals surface area contributed by atoms with Crippen LogP contribution in [-0.4, -0.2) is 27.6 Å². The van der Waals surface area contributed by atoms with E-state index < -0.39 is 22.5 Å². The molecule has 1 aliphatic rings. The minimum atomic E-state index is -1.17. The number of urea groups is 1. The molecule has 1 aromatic carbocycles. The predicted octanol–water partition coefficient (Wildman–Crippen LogP) is 1.95. The summed E-state index contributed by atoms with van der Waals surface area (Å²) >= 11 is 0. The van der Waals surface area contributed by atoms with Crippen LogP contribution in [0.25, 0.3) is 0 Å². The quantitative estimate of drug-likeness (QED) is 0.578. The van der Waals surface area contributed by atoms with Gasteiger partial charge in [-0.05, 0) is 38.3 Å². The first-order valence-corrected chi connectivity index (χ1v) is 6.33. The van der Waals surface area contributed by atoms with Crippen molar-refractivity contribution in [3.8, 4) is 0 Å². The minimum absolute atomic E-state index is 0.0253. The smallest absolute Gasteiger partial charge is 0.329 e. The van der Waals surface area contributed by atoms with Crippen LogP contribution >= 0.6 is 0 Å². The molecule has 2 amide bonds. The number of nitrogens with zero attached hydrogens (tertiary/aromatic N) is 1. The molecule has 0 bridgehead atoms. The van der Waals surface area contributed by atoms with Crippen molar-refractivity contribution in [3.63, 3.8) is 0 Å². The Morgan fingerprint density at radius 3 is 2.38 bits per heavy atom. The van der Waals surface area contributed by atoms with Crippen molar-refractivity contribution in [2.24, 2.45) is 0 Å². The summed E-state index contributed by atoms with van der Waals surface area (Å²) < 4.78 is 0. The standard InChI is InChI=1S/C13H15N3O5/c1-7-6-10(16(20)21)8(2)5-9(7)14-12(19)15-13(3-4-13)11(17)18/h5-6H,3-4H2,1-2H3,(H,17,18)(H2,14,15,19). The van der Waals surface area contributed by atoms with Gasteiger partial charge < -0.3 is 15.7 Å². The maximum Gasteiger partial charge on any atom is 0.329 e. The number of hydrogen-bond acceptors (Lipinski definition) is 4. The van der Waals surface area contributed by atoms with Crippen molar-refractivity contribution in [2.45, 2.75) is 32.2 Å². The van der Waals surface area contributed by atoms with Crippen LogP contribution in [-0.2, 0) is 4.79 Å². The Morgan fingerprint density at radius 1 is 1.29 bits per heavy atom. The molecule has 2 rings (SSSR count). The third-order valence-electron chi connectivity index (χ3n) is 3.50. The molecule has 3 N–H and O–H groups in total. The van der Waals surface area contributed by atoms with Crippen LogP contribution in [0.4, 0.5) is 16.2 Å². The first-order valence-electron chi connectivity index (χ1n) is 6.33. The molecule has 0 radical (unpaired) electrons. The third-order valence-corrected chi connectivity index (χ3v) is 3.50. The van der Waals surface area contributed by atoms with E-state index in [0.717, 1.165) is 0 Å². The molecule has 0 atom stereocenters. The zero-order valence-electron chi connectivity index (χ0n) is 11.6.